The summed E-state index contributed by atoms with van der Waals surface area (Å²) in [5.41, 5.74) is 0.575. The second-order valence-corrected chi connectivity index (χ2v) is 7.30. The predicted molar refractivity (Wildman–Crippen MR) is 93.9 cm³/mol. The van der Waals surface area contributed by atoms with Crippen LogP contribution in [0.2, 0.25) is 0 Å². The number of carbonyl (C=O) groups is 2. The Kier molecular flexibility index (Phi) is 5.86. The van der Waals surface area contributed by atoms with Gasteiger partial charge < -0.3 is 14.5 Å². The fourth-order valence-electron chi connectivity index (χ4n) is 2.91. The Balaban J connectivity index is 1.95. The van der Waals surface area contributed by atoms with Crippen LogP contribution in [0.15, 0.2) is 24.3 Å². The fraction of sp³-hybridized carbons (Fsp3) is 0.579. The van der Waals surface area contributed by atoms with Crippen molar-refractivity contribution >= 4 is 11.8 Å². The highest BCUT2D eigenvalue weighted by Gasteiger charge is 2.29. The topological polar surface area (TPSA) is 49.9 Å². The second kappa shape index (κ2) is 7.69. The van der Waals surface area contributed by atoms with E-state index >= 15 is 0 Å². The van der Waals surface area contributed by atoms with E-state index in [1.807, 2.05) is 54.8 Å². The van der Waals surface area contributed by atoms with Gasteiger partial charge in [-0.05, 0) is 24.1 Å². The van der Waals surface area contributed by atoms with Crippen molar-refractivity contribution < 1.29 is 14.3 Å². The van der Waals surface area contributed by atoms with Gasteiger partial charge in [-0.1, -0.05) is 32.9 Å². The Morgan fingerprint density at radius 3 is 2.42 bits per heavy atom. The van der Waals surface area contributed by atoms with Gasteiger partial charge in [-0.3, -0.25) is 9.59 Å². The van der Waals surface area contributed by atoms with Crippen molar-refractivity contribution in [3.05, 3.63) is 29.8 Å². The summed E-state index contributed by atoms with van der Waals surface area (Å²) in [7, 11) is 1.62. The number of ether oxygens (including phenoxy) is 1. The summed E-state index contributed by atoms with van der Waals surface area (Å²) < 4.78 is 5.21. The molecule has 0 unspecified atom stereocenters. The first kappa shape index (κ1) is 18.3. The summed E-state index contributed by atoms with van der Waals surface area (Å²) in [4.78, 5) is 28.8. The highest BCUT2D eigenvalue weighted by Crippen LogP contribution is 2.19. The van der Waals surface area contributed by atoms with Crippen molar-refractivity contribution in [3.63, 3.8) is 0 Å². The van der Waals surface area contributed by atoms with Gasteiger partial charge in [0.25, 0.3) is 0 Å². The summed E-state index contributed by atoms with van der Waals surface area (Å²) in [6.07, 6.45) is 1.19. The van der Waals surface area contributed by atoms with Crippen molar-refractivity contribution in [1.82, 2.24) is 9.80 Å². The van der Waals surface area contributed by atoms with E-state index in [0.29, 0.717) is 26.1 Å². The van der Waals surface area contributed by atoms with Crippen molar-refractivity contribution in [1.29, 1.82) is 0 Å². The molecule has 2 rings (SSSR count). The zero-order valence-electron chi connectivity index (χ0n) is 15.2. The number of nitrogens with zero attached hydrogens (tertiary/aromatic N) is 2. The summed E-state index contributed by atoms with van der Waals surface area (Å²) >= 11 is 0. The largest absolute Gasteiger partial charge is 0.497 e. The van der Waals surface area contributed by atoms with Gasteiger partial charge >= 0.3 is 0 Å². The number of hydrogen-bond donors (Lipinski definition) is 0. The minimum absolute atomic E-state index is 0.105. The molecule has 0 radical (unpaired) electrons. The van der Waals surface area contributed by atoms with Gasteiger partial charge in [0, 0.05) is 31.6 Å². The molecule has 132 valence electrons. The molecule has 1 aromatic rings. The van der Waals surface area contributed by atoms with E-state index in [2.05, 4.69) is 0 Å². The number of amides is 2. The van der Waals surface area contributed by atoms with Crippen LogP contribution in [-0.2, 0) is 16.0 Å². The average Bonchev–Trinajstić information content (AvgIpc) is 2.79. The number of benzene rings is 1. The molecule has 0 bridgehead atoms. The van der Waals surface area contributed by atoms with Gasteiger partial charge in [0.05, 0.1) is 13.5 Å². The molecule has 1 heterocycles. The molecule has 0 spiro atoms. The lowest BCUT2D eigenvalue weighted by Crippen LogP contribution is -2.42. The zero-order chi connectivity index (χ0) is 17.7. The van der Waals surface area contributed by atoms with Crippen molar-refractivity contribution in [2.45, 2.75) is 33.6 Å². The van der Waals surface area contributed by atoms with E-state index in [9.17, 15) is 9.59 Å². The lowest BCUT2D eigenvalue weighted by molar-refractivity contribution is -0.139. The summed E-state index contributed by atoms with van der Waals surface area (Å²) in [5.74, 6) is 1.02. The Morgan fingerprint density at radius 2 is 1.75 bits per heavy atom. The van der Waals surface area contributed by atoms with E-state index in [1.165, 1.54) is 0 Å². The molecule has 0 atom stereocenters. The first-order valence-corrected chi connectivity index (χ1v) is 8.51. The maximum atomic E-state index is 12.6. The van der Waals surface area contributed by atoms with Crippen LogP contribution in [-0.4, -0.2) is 54.9 Å². The smallest absolute Gasteiger partial charge is 0.228 e. The molecule has 0 N–H and O–H groups in total. The Hall–Kier alpha value is -2.04. The molecule has 1 aliphatic heterocycles. The Morgan fingerprint density at radius 1 is 1.08 bits per heavy atom. The minimum Gasteiger partial charge on any atom is -0.497 e. The highest BCUT2D eigenvalue weighted by atomic mass is 16.5. The Labute approximate surface area is 144 Å². The monoisotopic (exact) mass is 332 g/mol. The predicted octanol–water partition coefficient (Wildman–Crippen LogP) is 2.34. The van der Waals surface area contributed by atoms with E-state index < -0.39 is 0 Å². The number of rotatable bonds is 3. The third kappa shape index (κ3) is 4.73. The summed E-state index contributed by atoms with van der Waals surface area (Å²) in [6.45, 7) is 8.45. The standard InChI is InChI=1S/C19H28N2O3/c1-19(2,3)18(23)21-10-6-9-20(11-12-21)17(22)14-15-7-5-8-16(13-15)24-4/h5,7-8,13H,6,9-12,14H2,1-4H3. The molecule has 24 heavy (non-hydrogen) atoms. The number of carbonyl (C=O) groups excluding carboxylic acids is 2. The van der Waals surface area contributed by atoms with Crippen LogP contribution in [0.1, 0.15) is 32.8 Å². The molecular formula is C19H28N2O3. The molecule has 0 saturated carbocycles. The Bertz CT molecular complexity index is 593. The van der Waals surface area contributed by atoms with Crippen molar-refractivity contribution in [2.24, 2.45) is 5.41 Å². The zero-order valence-corrected chi connectivity index (χ0v) is 15.2. The quantitative estimate of drug-likeness (QED) is 0.854. The first-order valence-electron chi connectivity index (χ1n) is 8.51. The first-order chi connectivity index (χ1) is 11.3. The molecule has 5 heteroatoms. The van der Waals surface area contributed by atoms with Crippen LogP contribution in [0, 0.1) is 5.41 Å². The normalized spacial score (nSPS) is 15.8. The molecule has 1 saturated heterocycles. The molecular weight excluding hydrogens is 304 g/mol. The molecule has 2 amide bonds. The van der Waals surface area contributed by atoms with Crippen LogP contribution < -0.4 is 4.74 Å². The molecule has 0 aromatic heterocycles. The van der Waals surface area contributed by atoms with E-state index in [0.717, 1.165) is 24.3 Å². The number of hydrogen-bond acceptors (Lipinski definition) is 3. The van der Waals surface area contributed by atoms with E-state index in [4.69, 9.17) is 4.74 Å². The van der Waals surface area contributed by atoms with Gasteiger partial charge in [-0.2, -0.15) is 0 Å². The van der Waals surface area contributed by atoms with E-state index in [-0.39, 0.29) is 17.2 Å². The van der Waals surface area contributed by atoms with Gasteiger partial charge in [0.1, 0.15) is 5.75 Å². The fourth-order valence-corrected chi connectivity index (χ4v) is 2.91. The highest BCUT2D eigenvalue weighted by molar-refractivity contribution is 5.82. The summed E-state index contributed by atoms with van der Waals surface area (Å²) in [5, 5.41) is 0. The van der Waals surface area contributed by atoms with Gasteiger partial charge in [-0.15, -0.1) is 0 Å². The van der Waals surface area contributed by atoms with E-state index in [1.54, 1.807) is 7.11 Å². The molecule has 1 aliphatic rings. The maximum absolute atomic E-state index is 12.6. The molecule has 0 aliphatic carbocycles. The van der Waals surface area contributed by atoms with Crippen LogP contribution in [0.3, 0.4) is 0 Å². The third-order valence-electron chi connectivity index (χ3n) is 4.27. The molecule has 1 fully saturated rings. The lowest BCUT2D eigenvalue weighted by atomic mass is 9.94. The minimum atomic E-state index is -0.375. The van der Waals surface area contributed by atoms with Crippen LogP contribution in [0.25, 0.3) is 0 Å². The maximum Gasteiger partial charge on any atom is 0.228 e. The molecule has 5 nitrogen and oxygen atoms in total. The second-order valence-electron chi connectivity index (χ2n) is 7.30. The molecule has 1 aromatic carbocycles. The van der Waals surface area contributed by atoms with Crippen LogP contribution >= 0.6 is 0 Å². The van der Waals surface area contributed by atoms with Crippen molar-refractivity contribution in [2.75, 3.05) is 33.3 Å². The lowest BCUT2D eigenvalue weighted by Gasteiger charge is -2.28. The van der Waals surface area contributed by atoms with Gasteiger partial charge in [-0.25, -0.2) is 0 Å². The van der Waals surface area contributed by atoms with Crippen molar-refractivity contribution in [3.8, 4) is 5.75 Å². The van der Waals surface area contributed by atoms with Crippen LogP contribution in [0.5, 0.6) is 5.75 Å². The third-order valence-corrected chi connectivity index (χ3v) is 4.27. The average molecular weight is 332 g/mol. The number of methoxy groups -OCH3 is 1. The summed E-state index contributed by atoms with van der Waals surface area (Å²) in [6, 6.07) is 7.60. The van der Waals surface area contributed by atoms with Gasteiger partial charge in [0.15, 0.2) is 0 Å². The van der Waals surface area contributed by atoms with Gasteiger partial charge in [0.2, 0.25) is 11.8 Å². The van der Waals surface area contributed by atoms with Crippen LogP contribution in [0.4, 0.5) is 0 Å². The SMILES string of the molecule is COc1cccc(CC(=O)N2CCCN(C(=O)C(C)(C)C)CC2)c1.